The molecular weight excluding hydrogens is 407 g/mol. The van der Waals surface area contributed by atoms with Crippen LogP contribution >= 0.6 is 11.6 Å². The van der Waals surface area contributed by atoms with Gasteiger partial charge in [-0.05, 0) is 30.7 Å². The molecule has 29 heavy (non-hydrogen) atoms. The van der Waals surface area contributed by atoms with E-state index < -0.39 is 22.7 Å². The van der Waals surface area contributed by atoms with Crippen LogP contribution in [-0.4, -0.2) is 37.1 Å². The van der Waals surface area contributed by atoms with Crippen molar-refractivity contribution >= 4 is 17.5 Å². The number of carbonyl (C=O) groups is 1. The summed E-state index contributed by atoms with van der Waals surface area (Å²) in [6, 6.07) is 7.08. The van der Waals surface area contributed by atoms with E-state index in [2.05, 4.69) is 15.2 Å². The van der Waals surface area contributed by atoms with Crippen LogP contribution in [0.4, 0.5) is 13.2 Å². The SMILES string of the molecule is Cc1ccc(-c2nnc3n2CCN(C(=O)c2cccc(C(F)(F)F)c2Cl)C3)nc1. The largest absolute Gasteiger partial charge is 0.417 e. The fraction of sp³-hybridized carbons (Fsp3) is 0.263. The molecule has 0 bridgehead atoms. The molecule has 0 N–H and O–H groups in total. The molecule has 4 rings (SSSR count). The summed E-state index contributed by atoms with van der Waals surface area (Å²) in [6.45, 7) is 2.73. The minimum absolute atomic E-state index is 0.115. The Bertz CT molecular complexity index is 1080. The number of pyridine rings is 1. The van der Waals surface area contributed by atoms with Crippen LogP contribution in [0.25, 0.3) is 11.5 Å². The maximum absolute atomic E-state index is 13.1. The predicted molar refractivity (Wildman–Crippen MR) is 99.2 cm³/mol. The minimum Gasteiger partial charge on any atom is -0.329 e. The molecule has 0 unspecified atom stereocenters. The van der Waals surface area contributed by atoms with E-state index in [1.54, 1.807) is 6.20 Å². The Balaban J connectivity index is 1.60. The molecule has 3 heterocycles. The van der Waals surface area contributed by atoms with E-state index in [0.717, 1.165) is 11.6 Å². The number of fused-ring (bicyclic) bond motifs is 1. The molecule has 10 heteroatoms. The molecule has 1 aromatic carbocycles. The van der Waals surface area contributed by atoms with Crippen molar-refractivity contribution in [3.05, 3.63) is 64.1 Å². The van der Waals surface area contributed by atoms with Gasteiger partial charge >= 0.3 is 6.18 Å². The highest BCUT2D eigenvalue weighted by Gasteiger charge is 2.36. The second-order valence-corrected chi connectivity index (χ2v) is 7.08. The molecule has 0 radical (unpaired) electrons. The summed E-state index contributed by atoms with van der Waals surface area (Å²) in [5.74, 6) is 0.541. The van der Waals surface area contributed by atoms with E-state index in [9.17, 15) is 18.0 Å². The van der Waals surface area contributed by atoms with E-state index in [0.29, 0.717) is 23.9 Å². The fourth-order valence-corrected chi connectivity index (χ4v) is 3.52. The van der Waals surface area contributed by atoms with Crippen LogP contribution in [0, 0.1) is 6.92 Å². The van der Waals surface area contributed by atoms with E-state index in [1.807, 2.05) is 23.6 Å². The van der Waals surface area contributed by atoms with Crippen LogP contribution in [0.3, 0.4) is 0 Å². The zero-order valence-corrected chi connectivity index (χ0v) is 16.0. The van der Waals surface area contributed by atoms with Crippen molar-refractivity contribution in [3.63, 3.8) is 0 Å². The number of amides is 1. The van der Waals surface area contributed by atoms with E-state index in [4.69, 9.17) is 11.6 Å². The van der Waals surface area contributed by atoms with Gasteiger partial charge in [-0.2, -0.15) is 13.2 Å². The molecule has 0 aliphatic carbocycles. The Morgan fingerprint density at radius 3 is 2.62 bits per heavy atom. The van der Waals surface area contributed by atoms with Crippen LogP contribution < -0.4 is 0 Å². The Kier molecular flexibility index (Phi) is 4.77. The Morgan fingerprint density at radius 1 is 1.14 bits per heavy atom. The van der Waals surface area contributed by atoms with Gasteiger partial charge in [0, 0.05) is 19.3 Å². The quantitative estimate of drug-likeness (QED) is 0.628. The smallest absolute Gasteiger partial charge is 0.329 e. The summed E-state index contributed by atoms with van der Waals surface area (Å²) < 4.78 is 41.1. The lowest BCUT2D eigenvalue weighted by Gasteiger charge is -2.28. The summed E-state index contributed by atoms with van der Waals surface area (Å²) in [5.41, 5.74) is 0.463. The monoisotopic (exact) mass is 421 g/mol. The van der Waals surface area contributed by atoms with Gasteiger partial charge in [-0.1, -0.05) is 23.7 Å². The molecular formula is C19H15ClF3N5O. The third kappa shape index (κ3) is 3.57. The van der Waals surface area contributed by atoms with Gasteiger partial charge in [-0.25, -0.2) is 0 Å². The van der Waals surface area contributed by atoms with Crippen molar-refractivity contribution in [2.24, 2.45) is 0 Å². The van der Waals surface area contributed by atoms with Gasteiger partial charge in [0.15, 0.2) is 11.6 Å². The number of aryl methyl sites for hydroxylation is 1. The van der Waals surface area contributed by atoms with Crippen molar-refractivity contribution in [2.75, 3.05) is 6.54 Å². The number of benzene rings is 1. The maximum Gasteiger partial charge on any atom is 0.417 e. The molecule has 3 aromatic rings. The lowest BCUT2D eigenvalue weighted by atomic mass is 10.1. The Hall–Kier alpha value is -2.94. The molecule has 1 amide bonds. The maximum atomic E-state index is 13.1. The van der Waals surface area contributed by atoms with Gasteiger partial charge < -0.3 is 9.47 Å². The van der Waals surface area contributed by atoms with Gasteiger partial charge in [0.1, 0.15) is 5.69 Å². The Morgan fingerprint density at radius 2 is 1.93 bits per heavy atom. The number of aromatic nitrogens is 4. The van der Waals surface area contributed by atoms with Crippen molar-refractivity contribution in [1.82, 2.24) is 24.6 Å². The standard InChI is InChI=1S/C19H15ClF3N5O/c1-11-5-6-14(24-9-11)17-26-25-15-10-27(7-8-28(15)17)18(29)12-3-2-4-13(16(12)20)19(21,22)23/h2-6,9H,7-8,10H2,1H3. The van der Waals surface area contributed by atoms with Crippen molar-refractivity contribution in [2.45, 2.75) is 26.2 Å². The Labute approximate surface area is 168 Å². The fourth-order valence-electron chi connectivity index (χ4n) is 3.21. The van der Waals surface area contributed by atoms with E-state index in [1.165, 1.54) is 17.0 Å². The molecule has 0 saturated carbocycles. The summed E-state index contributed by atoms with van der Waals surface area (Å²) in [4.78, 5) is 18.6. The normalized spacial score (nSPS) is 14.0. The third-order valence-electron chi connectivity index (χ3n) is 4.72. The number of nitrogens with zero attached hydrogens (tertiary/aromatic N) is 5. The molecule has 0 fully saturated rings. The average Bonchev–Trinajstić information content (AvgIpc) is 3.10. The van der Waals surface area contributed by atoms with Gasteiger partial charge in [0.25, 0.3) is 5.91 Å². The third-order valence-corrected chi connectivity index (χ3v) is 5.12. The van der Waals surface area contributed by atoms with Gasteiger partial charge in [0.05, 0.1) is 22.7 Å². The topological polar surface area (TPSA) is 63.9 Å². The zero-order valence-electron chi connectivity index (χ0n) is 15.2. The molecule has 6 nitrogen and oxygen atoms in total. The van der Waals surface area contributed by atoms with Crippen LogP contribution in [-0.2, 0) is 19.3 Å². The summed E-state index contributed by atoms with van der Waals surface area (Å²) in [7, 11) is 0. The zero-order chi connectivity index (χ0) is 20.8. The number of carbonyl (C=O) groups excluding carboxylic acids is 1. The highest BCUT2D eigenvalue weighted by atomic mass is 35.5. The number of hydrogen-bond donors (Lipinski definition) is 0. The predicted octanol–water partition coefficient (Wildman–Crippen LogP) is 3.98. The van der Waals surface area contributed by atoms with Crippen LogP contribution in [0.5, 0.6) is 0 Å². The first kappa shape index (κ1) is 19.4. The number of alkyl halides is 3. The van der Waals surface area contributed by atoms with Crippen molar-refractivity contribution in [1.29, 1.82) is 0 Å². The van der Waals surface area contributed by atoms with Crippen LogP contribution in [0.15, 0.2) is 36.5 Å². The van der Waals surface area contributed by atoms with Gasteiger partial charge in [-0.3, -0.25) is 9.78 Å². The van der Waals surface area contributed by atoms with E-state index >= 15 is 0 Å². The molecule has 0 atom stereocenters. The summed E-state index contributed by atoms with van der Waals surface area (Å²) in [5, 5.41) is 7.70. The number of halogens is 4. The van der Waals surface area contributed by atoms with Crippen LogP contribution in [0.2, 0.25) is 5.02 Å². The summed E-state index contributed by atoms with van der Waals surface area (Å²) in [6.07, 6.45) is -2.91. The first-order chi connectivity index (χ1) is 13.8. The van der Waals surface area contributed by atoms with E-state index in [-0.39, 0.29) is 18.7 Å². The molecule has 2 aromatic heterocycles. The molecule has 0 spiro atoms. The first-order valence-electron chi connectivity index (χ1n) is 8.76. The van der Waals surface area contributed by atoms with Gasteiger partial charge in [0.2, 0.25) is 0 Å². The number of rotatable bonds is 2. The minimum atomic E-state index is -4.63. The molecule has 1 aliphatic heterocycles. The van der Waals surface area contributed by atoms with Crippen molar-refractivity contribution in [3.8, 4) is 11.5 Å². The summed E-state index contributed by atoms with van der Waals surface area (Å²) >= 11 is 5.90. The molecule has 1 aliphatic rings. The molecule has 0 saturated heterocycles. The van der Waals surface area contributed by atoms with Crippen molar-refractivity contribution < 1.29 is 18.0 Å². The lowest BCUT2D eigenvalue weighted by Crippen LogP contribution is -2.38. The molecule has 150 valence electrons. The highest BCUT2D eigenvalue weighted by Crippen LogP contribution is 2.36. The number of hydrogen-bond acceptors (Lipinski definition) is 4. The first-order valence-corrected chi connectivity index (χ1v) is 9.13. The second-order valence-electron chi connectivity index (χ2n) is 6.70. The van der Waals surface area contributed by atoms with Crippen LogP contribution in [0.1, 0.15) is 27.3 Å². The van der Waals surface area contributed by atoms with Gasteiger partial charge in [-0.15, -0.1) is 10.2 Å². The average molecular weight is 422 g/mol. The highest BCUT2D eigenvalue weighted by molar-refractivity contribution is 6.34. The second kappa shape index (κ2) is 7.14. The lowest BCUT2D eigenvalue weighted by molar-refractivity contribution is -0.137.